The minimum Gasteiger partial charge on any atom is -0.493 e. The maximum absolute atomic E-state index is 14.8. The molecule has 0 saturated carbocycles. The molecule has 4 aromatic carbocycles. The van der Waals surface area contributed by atoms with Crippen LogP contribution in [0.3, 0.4) is 0 Å². The number of hydrogen-bond acceptors (Lipinski definition) is 2. The second-order valence-electron chi connectivity index (χ2n) is 9.60. The van der Waals surface area contributed by atoms with Gasteiger partial charge in [0.1, 0.15) is 63.3 Å². The third kappa shape index (κ3) is 7.52. The summed E-state index contributed by atoms with van der Waals surface area (Å²) in [6, 6.07) is 5.12. The van der Waals surface area contributed by atoms with Crippen LogP contribution in [0.15, 0.2) is 54.6 Å². The van der Waals surface area contributed by atoms with Gasteiger partial charge >= 0.3 is 12.3 Å². The van der Waals surface area contributed by atoms with Crippen molar-refractivity contribution in [2.45, 2.75) is 32.1 Å². The second kappa shape index (κ2) is 13.3. The van der Waals surface area contributed by atoms with E-state index in [-0.39, 0.29) is 41.1 Å². The van der Waals surface area contributed by atoms with Gasteiger partial charge < -0.3 is 9.47 Å². The number of rotatable bonds is 8. The summed E-state index contributed by atoms with van der Waals surface area (Å²) in [5.41, 5.74) is -6.51. The van der Waals surface area contributed by atoms with Crippen LogP contribution in [0.1, 0.15) is 42.0 Å². The van der Waals surface area contributed by atoms with Gasteiger partial charge in [-0.15, -0.1) is 0 Å². The summed E-state index contributed by atoms with van der Waals surface area (Å²) in [4.78, 5) is 0. The van der Waals surface area contributed by atoms with Crippen molar-refractivity contribution < 1.29 is 62.2 Å². The first kappa shape index (κ1) is 34.1. The predicted octanol–water partition coefficient (Wildman–Crippen LogP) is 10.1. The first-order valence-corrected chi connectivity index (χ1v) is 13.1. The molecule has 0 aromatic heterocycles. The lowest BCUT2D eigenvalue weighted by atomic mass is 10.0. The quantitative estimate of drug-likeness (QED) is 0.106. The lowest BCUT2D eigenvalue weighted by Crippen LogP contribution is -2.25. The van der Waals surface area contributed by atoms with Crippen LogP contribution in [0, 0.1) is 52.6 Å². The van der Waals surface area contributed by atoms with Crippen LogP contribution < -0.4 is 9.47 Å². The van der Waals surface area contributed by atoms with Gasteiger partial charge in [-0.3, -0.25) is 0 Å². The van der Waals surface area contributed by atoms with Crippen molar-refractivity contribution in [1.29, 1.82) is 0 Å². The van der Waals surface area contributed by atoms with E-state index in [1.54, 1.807) is 0 Å². The topological polar surface area (TPSA) is 18.5 Å². The van der Waals surface area contributed by atoms with Gasteiger partial charge in [0.05, 0.1) is 12.2 Å². The molecule has 46 heavy (non-hydrogen) atoms. The van der Waals surface area contributed by atoms with E-state index in [0.29, 0.717) is 6.61 Å². The fraction of sp³-hybridized carbons (Fsp3) is 0.188. The third-order valence-electron chi connectivity index (χ3n) is 6.27. The normalized spacial score (nSPS) is 11.7. The number of unbranched alkanes of at least 4 members (excludes halogenated alkanes) is 1. The van der Waals surface area contributed by atoms with Crippen LogP contribution in [0.25, 0.3) is 11.1 Å². The van der Waals surface area contributed by atoms with Crippen LogP contribution in [-0.4, -0.2) is 6.61 Å². The molecule has 2 nitrogen and oxygen atoms in total. The average molecular weight is 662 g/mol. The molecule has 242 valence electrons. The maximum atomic E-state index is 14.8. The summed E-state index contributed by atoms with van der Waals surface area (Å²) < 4.78 is 178. The van der Waals surface area contributed by atoms with Gasteiger partial charge in [-0.05, 0) is 48.4 Å². The zero-order chi connectivity index (χ0) is 34.0. The summed E-state index contributed by atoms with van der Waals surface area (Å²) in [6.45, 7) is 2.27. The Balaban J connectivity index is 1.59. The molecule has 0 spiro atoms. The van der Waals surface area contributed by atoms with Gasteiger partial charge in [-0.1, -0.05) is 25.2 Å². The zero-order valence-electron chi connectivity index (χ0n) is 23.2. The molecule has 0 aliphatic rings. The highest BCUT2D eigenvalue weighted by molar-refractivity contribution is 5.66. The lowest BCUT2D eigenvalue weighted by Gasteiger charge is -2.20. The molecule has 0 aliphatic carbocycles. The number of halogens is 12. The SMILES string of the molecule is CCCCOc1ccc(-c2cc(F)c(C#Cc3cc(F)c(C(F)(F)Oc4cc(F)c(C(F)(F)F)c(F)c4)c(F)c3)c(F)c2)c(F)c1. The van der Waals surface area contributed by atoms with Gasteiger partial charge in [0.15, 0.2) is 0 Å². The Kier molecular flexibility index (Phi) is 9.84. The number of ether oxygens (including phenoxy) is 2. The summed E-state index contributed by atoms with van der Waals surface area (Å²) in [7, 11) is 0. The van der Waals surface area contributed by atoms with Gasteiger partial charge in [0.2, 0.25) is 0 Å². The standard InChI is InChI=1S/C32H18F12O2/c1-2-3-8-45-18-5-7-20(24(35)13-18)17-11-22(33)21(23(34)12-17)6-4-16-9-25(36)30(26(37)10-16)32(43,44)46-19-14-27(38)29(28(39)15-19)31(40,41)42/h5,7,9-15H,2-3,8H2,1H3. The Morgan fingerprint density at radius 3 is 1.67 bits per heavy atom. The van der Waals surface area contributed by atoms with Crippen molar-refractivity contribution in [3.05, 3.63) is 118 Å². The Morgan fingerprint density at radius 2 is 1.15 bits per heavy atom. The van der Waals surface area contributed by atoms with Gasteiger partial charge in [-0.2, -0.15) is 22.0 Å². The minimum atomic E-state index is -5.52. The molecule has 0 N–H and O–H groups in total. The van der Waals surface area contributed by atoms with Gasteiger partial charge in [0, 0.05) is 29.3 Å². The monoisotopic (exact) mass is 662 g/mol. The highest BCUT2D eigenvalue weighted by Crippen LogP contribution is 2.39. The highest BCUT2D eigenvalue weighted by atomic mass is 19.4. The molecule has 4 rings (SSSR count). The van der Waals surface area contributed by atoms with E-state index in [1.807, 2.05) is 18.8 Å². The Bertz CT molecular complexity index is 1770. The average Bonchev–Trinajstić information content (AvgIpc) is 2.90. The van der Waals surface area contributed by atoms with E-state index >= 15 is 0 Å². The van der Waals surface area contributed by atoms with Crippen molar-refractivity contribution in [1.82, 2.24) is 0 Å². The van der Waals surface area contributed by atoms with Crippen LogP contribution >= 0.6 is 0 Å². The van der Waals surface area contributed by atoms with Crippen LogP contribution in [0.2, 0.25) is 0 Å². The molecule has 0 fully saturated rings. The number of benzene rings is 4. The smallest absolute Gasteiger partial charge is 0.432 e. The molecular formula is C32H18F12O2. The second-order valence-corrected chi connectivity index (χ2v) is 9.60. The molecular weight excluding hydrogens is 644 g/mol. The molecule has 0 amide bonds. The largest absolute Gasteiger partial charge is 0.493 e. The molecule has 0 saturated heterocycles. The molecule has 0 aliphatic heterocycles. The summed E-state index contributed by atoms with van der Waals surface area (Å²) in [5.74, 6) is -9.50. The lowest BCUT2D eigenvalue weighted by molar-refractivity contribution is -0.189. The van der Waals surface area contributed by atoms with Crippen molar-refractivity contribution in [2.24, 2.45) is 0 Å². The fourth-order valence-corrected chi connectivity index (χ4v) is 4.14. The molecule has 14 heteroatoms. The van der Waals surface area contributed by atoms with Crippen LogP contribution in [0.5, 0.6) is 11.5 Å². The molecule has 0 heterocycles. The van der Waals surface area contributed by atoms with E-state index in [4.69, 9.17) is 4.74 Å². The molecule has 0 unspecified atom stereocenters. The van der Waals surface area contributed by atoms with E-state index in [1.165, 1.54) is 12.1 Å². The van der Waals surface area contributed by atoms with E-state index in [2.05, 4.69) is 4.74 Å². The van der Waals surface area contributed by atoms with Gasteiger partial charge in [-0.25, -0.2) is 30.7 Å². The van der Waals surface area contributed by atoms with E-state index in [9.17, 15) is 52.7 Å². The Labute approximate surface area is 253 Å². The molecule has 0 bridgehead atoms. The number of hydrogen-bond donors (Lipinski definition) is 0. The van der Waals surface area contributed by atoms with E-state index in [0.717, 1.165) is 31.0 Å². The zero-order valence-corrected chi connectivity index (χ0v) is 23.2. The predicted molar refractivity (Wildman–Crippen MR) is 140 cm³/mol. The first-order valence-electron chi connectivity index (χ1n) is 13.1. The van der Waals surface area contributed by atoms with Crippen molar-refractivity contribution in [3.63, 3.8) is 0 Å². The molecule has 0 atom stereocenters. The summed E-state index contributed by atoms with van der Waals surface area (Å²) >= 11 is 0. The maximum Gasteiger partial charge on any atom is 0.432 e. The van der Waals surface area contributed by atoms with Gasteiger partial charge in [0.25, 0.3) is 0 Å². The molecule has 4 aromatic rings. The van der Waals surface area contributed by atoms with E-state index < -0.39 is 81.0 Å². The Hall–Kier alpha value is -4.80. The molecule has 0 radical (unpaired) electrons. The Morgan fingerprint density at radius 1 is 0.609 bits per heavy atom. The van der Waals surface area contributed by atoms with Crippen LogP contribution in [0.4, 0.5) is 52.7 Å². The van der Waals surface area contributed by atoms with Crippen molar-refractivity contribution in [3.8, 4) is 34.5 Å². The number of alkyl halides is 5. The van der Waals surface area contributed by atoms with Crippen molar-refractivity contribution >= 4 is 0 Å². The van der Waals surface area contributed by atoms with Crippen LogP contribution in [-0.2, 0) is 12.3 Å². The minimum absolute atomic E-state index is 0.176. The summed E-state index contributed by atoms with van der Waals surface area (Å²) in [5, 5.41) is 0. The highest BCUT2D eigenvalue weighted by Gasteiger charge is 2.43. The fourth-order valence-electron chi connectivity index (χ4n) is 4.14. The first-order chi connectivity index (χ1) is 21.5. The summed E-state index contributed by atoms with van der Waals surface area (Å²) in [6.07, 6.45) is -8.97. The van der Waals surface area contributed by atoms with Crippen molar-refractivity contribution in [2.75, 3.05) is 6.61 Å². The third-order valence-corrected chi connectivity index (χ3v) is 6.27.